The van der Waals surface area contributed by atoms with E-state index in [-0.39, 0.29) is 12.1 Å². The maximum Gasteiger partial charge on any atom is 0.333 e. The zero-order chi connectivity index (χ0) is 12.1. The zero-order valence-corrected chi connectivity index (χ0v) is 9.56. The molecule has 16 heavy (non-hydrogen) atoms. The van der Waals surface area contributed by atoms with Gasteiger partial charge >= 0.3 is 5.97 Å². The van der Waals surface area contributed by atoms with Crippen molar-refractivity contribution < 1.29 is 9.53 Å². The lowest BCUT2D eigenvalue weighted by Crippen LogP contribution is -2.21. The first kappa shape index (κ1) is 12.2. The van der Waals surface area contributed by atoms with E-state index in [1.165, 1.54) is 17.9 Å². The third kappa shape index (κ3) is 3.05. The number of hydrogen-bond donors (Lipinski definition) is 0. The zero-order valence-electron chi connectivity index (χ0n) is 9.56. The average molecular weight is 222 g/mol. The third-order valence-electron chi connectivity index (χ3n) is 2.08. The molecular weight excluding hydrogens is 208 g/mol. The van der Waals surface area contributed by atoms with E-state index in [0.717, 1.165) is 5.56 Å². The number of hydrogen-bond acceptors (Lipinski definition) is 4. The minimum atomic E-state index is -0.403. The lowest BCUT2D eigenvalue weighted by Gasteiger charge is -2.02. The summed E-state index contributed by atoms with van der Waals surface area (Å²) in [4.78, 5) is 22.5. The molecule has 0 unspecified atom stereocenters. The molecule has 5 heteroatoms. The number of carbonyl (C=O) groups is 1. The molecular formula is C11H14N2O3. The van der Waals surface area contributed by atoms with E-state index in [1.54, 1.807) is 26.1 Å². The molecule has 0 saturated heterocycles. The van der Waals surface area contributed by atoms with Crippen LogP contribution in [-0.4, -0.2) is 22.9 Å². The fourth-order valence-electron chi connectivity index (χ4n) is 1.13. The summed E-state index contributed by atoms with van der Waals surface area (Å²) >= 11 is 0. The number of esters is 1. The van der Waals surface area contributed by atoms with Crippen molar-refractivity contribution in [3.63, 3.8) is 0 Å². The van der Waals surface area contributed by atoms with Gasteiger partial charge in [-0.2, -0.15) is 5.10 Å². The molecule has 1 aromatic rings. The molecule has 86 valence electrons. The van der Waals surface area contributed by atoms with Crippen LogP contribution in [0.5, 0.6) is 0 Å². The molecule has 0 aromatic carbocycles. The number of ether oxygens (including phenoxy) is 1. The highest BCUT2D eigenvalue weighted by atomic mass is 16.5. The monoisotopic (exact) mass is 222 g/mol. The van der Waals surface area contributed by atoms with E-state index in [4.69, 9.17) is 0 Å². The first-order valence-electron chi connectivity index (χ1n) is 4.83. The number of allylic oxidation sites excluding steroid dienone is 1. The number of carbonyl (C=O) groups excluding carboxylic acids is 1. The number of nitrogens with zero attached hydrogens (tertiary/aromatic N) is 2. The Labute approximate surface area is 93.4 Å². The van der Waals surface area contributed by atoms with Crippen molar-refractivity contribution in [1.29, 1.82) is 0 Å². The molecule has 1 rings (SSSR count). The van der Waals surface area contributed by atoms with Gasteiger partial charge in [0.25, 0.3) is 5.56 Å². The maximum absolute atomic E-state index is 11.4. The molecule has 0 amide bonds. The Kier molecular flexibility index (Phi) is 3.99. The molecule has 0 spiro atoms. The molecule has 0 saturated carbocycles. The summed E-state index contributed by atoms with van der Waals surface area (Å²) in [5.41, 5.74) is 1.08. The molecule has 0 N–H and O–H groups in total. The van der Waals surface area contributed by atoms with Crippen molar-refractivity contribution in [1.82, 2.24) is 9.78 Å². The summed E-state index contributed by atoms with van der Waals surface area (Å²) < 4.78 is 5.81. The van der Waals surface area contributed by atoms with E-state index < -0.39 is 5.97 Å². The van der Waals surface area contributed by atoms with Crippen molar-refractivity contribution >= 4 is 5.97 Å². The van der Waals surface area contributed by atoms with Crippen LogP contribution in [0, 0.1) is 6.92 Å². The van der Waals surface area contributed by atoms with Crippen LogP contribution in [0.25, 0.3) is 0 Å². The summed E-state index contributed by atoms with van der Waals surface area (Å²) in [6.07, 6.45) is 3.21. The highest BCUT2D eigenvalue weighted by Crippen LogP contribution is 1.96. The third-order valence-corrected chi connectivity index (χ3v) is 2.08. The SMILES string of the molecule is COC(=O)C(C)=CCn1ncc(C)cc1=O. The van der Waals surface area contributed by atoms with Gasteiger partial charge in [0.15, 0.2) is 0 Å². The van der Waals surface area contributed by atoms with Gasteiger partial charge in [-0.25, -0.2) is 9.48 Å². The van der Waals surface area contributed by atoms with Crippen LogP contribution in [-0.2, 0) is 16.1 Å². The smallest absolute Gasteiger partial charge is 0.333 e. The van der Waals surface area contributed by atoms with E-state index in [1.807, 2.05) is 0 Å². The van der Waals surface area contributed by atoms with Crippen LogP contribution in [0.15, 0.2) is 28.7 Å². The number of rotatable bonds is 3. The van der Waals surface area contributed by atoms with E-state index in [2.05, 4.69) is 9.84 Å². The summed E-state index contributed by atoms with van der Waals surface area (Å²) in [5, 5.41) is 3.94. The topological polar surface area (TPSA) is 61.2 Å². The van der Waals surface area contributed by atoms with Crippen molar-refractivity contribution in [2.45, 2.75) is 20.4 Å². The molecule has 1 heterocycles. The van der Waals surface area contributed by atoms with Gasteiger partial charge in [0, 0.05) is 11.6 Å². The molecule has 1 aromatic heterocycles. The van der Waals surface area contributed by atoms with E-state index >= 15 is 0 Å². The fraction of sp³-hybridized carbons (Fsp3) is 0.364. The summed E-state index contributed by atoms with van der Waals surface area (Å²) in [6, 6.07) is 1.49. The van der Waals surface area contributed by atoms with Gasteiger partial charge in [-0.1, -0.05) is 6.08 Å². The van der Waals surface area contributed by atoms with Gasteiger partial charge in [-0.05, 0) is 19.4 Å². The fourth-order valence-corrected chi connectivity index (χ4v) is 1.13. The number of methoxy groups -OCH3 is 1. The summed E-state index contributed by atoms with van der Waals surface area (Å²) in [6.45, 7) is 3.69. The second-order valence-electron chi connectivity index (χ2n) is 3.43. The summed E-state index contributed by atoms with van der Waals surface area (Å²) in [5.74, 6) is -0.403. The first-order chi connectivity index (χ1) is 7.54. The standard InChI is InChI=1S/C11H14N2O3/c1-8-6-10(14)13(12-7-8)5-4-9(2)11(15)16-3/h4,6-7H,5H2,1-3H3. The molecule has 0 aliphatic heterocycles. The van der Waals surface area contributed by atoms with Crippen molar-refractivity contribution in [2.75, 3.05) is 7.11 Å². The maximum atomic E-state index is 11.4. The van der Waals surface area contributed by atoms with Gasteiger partial charge in [-0.15, -0.1) is 0 Å². The normalized spacial score (nSPS) is 11.3. The lowest BCUT2D eigenvalue weighted by atomic mass is 10.3. The highest BCUT2D eigenvalue weighted by Gasteiger charge is 2.02. The van der Waals surface area contributed by atoms with Gasteiger partial charge < -0.3 is 4.74 Å². The van der Waals surface area contributed by atoms with Crippen LogP contribution in [0.4, 0.5) is 0 Å². The van der Waals surface area contributed by atoms with Gasteiger partial charge in [0.1, 0.15) is 0 Å². The minimum Gasteiger partial charge on any atom is -0.466 e. The second kappa shape index (κ2) is 5.25. The molecule has 0 fully saturated rings. The molecule has 0 bridgehead atoms. The molecule has 5 nitrogen and oxygen atoms in total. The Morgan fingerprint density at radius 1 is 1.62 bits per heavy atom. The van der Waals surface area contributed by atoms with E-state index in [0.29, 0.717) is 5.57 Å². The average Bonchev–Trinajstić information content (AvgIpc) is 2.26. The number of aromatic nitrogens is 2. The second-order valence-corrected chi connectivity index (χ2v) is 3.43. The van der Waals surface area contributed by atoms with Crippen LogP contribution >= 0.6 is 0 Å². The number of aryl methyl sites for hydroxylation is 1. The first-order valence-corrected chi connectivity index (χ1v) is 4.83. The van der Waals surface area contributed by atoms with Gasteiger partial charge in [0.2, 0.25) is 0 Å². The Morgan fingerprint density at radius 2 is 2.31 bits per heavy atom. The highest BCUT2D eigenvalue weighted by molar-refractivity contribution is 5.87. The molecule has 0 aliphatic rings. The van der Waals surface area contributed by atoms with E-state index in [9.17, 15) is 9.59 Å². The van der Waals surface area contributed by atoms with Crippen molar-refractivity contribution in [2.24, 2.45) is 0 Å². The Hall–Kier alpha value is -1.91. The molecule has 0 aliphatic carbocycles. The lowest BCUT2D eigenvalue weighted by molar-refractivity contribution is -0.136. The van der Waals surface area contributed by atoms with Crippen LogP contribution in [0.2, 0.25) is 0 Å². The summed E-state index contributed by atoms with van der Waals surface area (Å²) in [7, 11) is 1.32. The van der Waals surface area contributed by atoms with Gasteiger partial charge in [-0.3, -0.25) is 4.79 Å². The van der Waals surface area contributed by atoms with Crippen molar-refractivity contribution in [3.8, 4) is 0 Å². The largest absolute Gasteiger partial charge is 0.466 e. The predicted molar refractivity (Wildman–Crippen MR) is 59.0 cm³/mol. The molecule has 0 atom stereocenters. The Bertz CT molecular complexity index is 474. The van der Waals surface area contributed by atoms with Crippen LogP contribution in [0.3, 0.4) is 0 Å². The Balaban J connectivity index is 2.82. The predicted octanol–water partition coefficient (Wildman–Crippen LogP) is 0.671. The van der Waals surface area contributed by atoms with Crippen LogP contribution in [0.1, 0.15) is 12.5 Å². The van der Waals surface area contributed by atoms with Crippen molar-refractivity contribution in [3.05, 3.63) is 39.8 Å². The van der Waals surface area contributed by atoms with Gasteiger partial charge in [0.05, 0.1) is 19.9 Å². The molecule has 0 radical (unpaired) electrons. The minimum absolute atomic E-state index is 0.186. The Morgan fingerprint density at radius 3 is 2.88 bits per heavy atom. The van der Waals surface area contributed by atoms with Crippen LogP contribution < -0.4 is 5.56 Å². The quantitative estimate of drug-likeness (QED) is 0.557.